The Bertz CT molecular complexity index is 719. The van der Waals surface area contributed by atoms with Gasteiger partial charge in [-0.05, 0) is 24.5 Å². The lowest BCUT2D eigenvalue weighted by Gasteiger charge is -2.20. The molecule has 0 fully saturated rings. The largest absolute Gasteiger partial charge is 0.445 e. The summed E-state index contributed by atoms with van der Waals surface area (Å²) in [5, 5.41) is 5.85. The Morgan fingerprint density at radius 2 is 1.61 bits per heavy atom. The van der Waals surface area contributed by atoms with Crippen molar-refractivity contribution in [3.05, 3.63) is 71.8 Å². The van der Waals surface area contributed by atoms with Crippen molar-refractivity contribution in [2.45, 2.75) is 58.2 Å². The van der Waals surface area contributed by atoms with E-state index in [1.807, 2.05) is 67.6 Å². The van der Waals surface area contributed by atoms with Crippen LogP contribution in [0, 0.1) is 0 Å². The van der Waals surface area contributed by atoms with Crippen molar-refractivity contribution in [3.63, 3.8) is 0 Å². The number of hydrogen-bond acceptors (Lipinski definition) is 3. The third-order valence-electron chi connectivity index (χ3n) is 4.55. The summed E-state index contributed by atoms with van der Waals surface area (Å²) < 4.78 is 5.29. The molecule has 0 radical (unpaired) electrons. The molecule has 2 N–H and O–H groups in total. The van der Waals surface area contributed by atoms with Crippen molar-refractivity contribution < 1.29 is 14.3 Å². The summed E-state index contributed by atoms with van der Waals surface area (Å²) in [5.74, 6) is -0.0826. The van der Waals surface area contributed by atoms with Crippen LogP contribution in [0.5, 0.6) is 0 Å². The first kappa shape index (κ1) is 21.5. The first-order valence-corrected chi connectivity index (χ1v) is 9.90. The molecule has 0 aliphatic heterocycles. The van der Waals surface area contributed by atoms with Gasteiger partial charge in [-0.25, -0.2) is 4.79 Å². The van der Waals surface area contributed by atoms with Crippen molar-refractivity contribution in [1.29, 1.82) is 0 Å². The smallest absolute Gasteiger partial charge is 0.407 e. The standard InChI is InChI=1S/C23H30N2O3/c1-3-4-15-21(25-23(27)28-17-19-11-7-5-8-12-19)16-22(26)24-18(2)20-13-9-6-10-14-20/h5-14,18,21H,3-4,15-17H2,1-2H3,(H,24,26)(H,25,27)/t18-,21-/m1/s1. The van der Waals surface area contributed by atoms with Crippen molar-refractivity contribution in [2.24, 2.45) is 0 Å². The minimum absolute atomic E-state index is 0.0782. The van der Waals surface area contributed by atoms with E-state index in [2.05, 4.69) is 17.6 Å². The normalized spacial score (nSPS) is 12.6. The molecule has 5 heteroatoms. The molecule has 5 nitrogen and oxygen atoms in total. The van der Waals surface area contributed by atoms with Gasteiger partial charge in [0.1, 0.15) is 6.61 Å². The van der Waals surface area contributed by atoms with E-state index in [1.165, 1.54) is 0 Å². The van der Waals surface area contributed by atoms with Gasteiger partial charge in [0.05, 0.1) is 6.04 Å². The van der Waals surface area contributed by atoms with Gasteiger partial charge in [0.2, 0.25) is 5.91 Å². The fraction of sp³-hybridized carbons (Fsp3) is 0.391. The predicted octanol–water partition coefficient (Wildman–Crippen LogP) is 4.74. The Labute approximate surface area is 167 Å². The molecule has 0 saturated carbocycles. The fourth-order valence-electron chi connectivity index (χ4n) is 2.96. The van der Waals surface area contributed by atoms with Crippen molar-refractivity contribution in [3.8, 4) is 0 Å². The first-order valence-electron chi connectivity index (χ1n) is 9.90. The molecular formula is C23H30N2O3. The van der Waals surface area contributed by atoms with E-state index in [4.69, 9.17) is 4.74 Å². The molecule has 0 unspecified atom stereocenters. The summed E-state index contributed by atoms with van der Waals surface area (Å²) in [4.78, 5) is 24.6. The van der Waals surface area contributed by atoms with E-state index < -0.39 is 6.09 Å². The van der Waals surface area contributed by atoms with Gasteiger partial charge >= 0.3 is 6.09 Å². The minimum atomic E-state index is -0.492. The van der Waals surface area contributed by atoms with Crippen molar-refractivity contribution >= 4 is 12.0 Å². The van der Waals surface area contributed by atoms with Crippen LogP contribution in [-0.2, 0) is 16.1 Å². The number of carbonyl (C=O) groups is 2. The summed E-state index contributed by atoms with van der Waals surface area (Å²) in [7, 11) is 0. The Balaban J connectivity index is 1.83. The zero-order chi connectivity index (χ0) is 20.2. The Morgan fingerprint density at radius 3 is 2.25 bits per heavy atom. The highest BCUT2D eigenvalue weighted by molar-refractivity contribution is 5.78. The minimum Gasteiger partial charge on any atom is -0.445 e. The van der Waals surface area contributed by atoms with Crippen molar-refractivity contribution in [1.82, 2.24) is 10.6 Å². The maximum Gasteiger partial charge on any atom is 0.407 e. The molecule has 2 aromatic carbocycles. The third kappa shape index (κ3) is 7.82. The average molecular weight is 383 g/mol. The maximum atomic E-state index is 12.5. The summed E-state index contributed by atoms with van der Waals surface area (Å²) in [6.07, 6.45) is 2.42. The second-order valence-electron chi connectivity index (χ2n) is 6.95. The van der Waals surface area contributed by atoms with Crippen LogP contribution in [0.25, 0.3) is 0 Å². The summed E-state index contributed by atoms with van der Waals surface area (Å²) >= 11 is 0. The molecular weight excluding hydrogens is 352 g/mol. The van der Waals surface area contributed by atoms with E-state index in [0.29, 0.717) is 0 Å². The molecule has 0 aliphatic carbocycles. The van der Waals surface area contributed by atoms with Crippen LogP contribution in [0.15, 0.2) is 60.7 Å². The van der Waals surface area contributed by atoms with E-state index in [9.17, 15) is 9.59 Å². The fourth-order valence-corrected chi connectivity index (χ4v) is 2.96. The number of carbonyl (C=O) groups excluding carboxylic acids is 2. The number of rotatable bonds is 10. The molecule has 0 aromatic heterocycles. The molecule has 2 rings (SSSR count). The second kappa shape index (κ2) is 11.8. The average Bonchev–Trinajstić information content (AvgIpc) is 2.71. The zero-order valence-corrected chi connectivity index (χ0v) is 16.7. The highest BCUT2D eigenvalue weighted by Crippen LogP contribution is 2.12. The number of nitrogens with one attached hydrogen (secondary N) is 2. The molecule has 150 valence electrons. The SMILES string of the molecule is CCCC[C@H](CC(=O)N[C@H](C)c1ccccc1)NC(=O)OCc1ccccc1. The first-order chi connectivity index (χ1) is 13.6. The number of hydrogen-bond donors (Lipinski definition) is 2. The quantitative estimate of drug-likeness (QED) is 0.624. The predicted molar refractivity (Wildman–Crippen MR) is 111 cm³/mol. The van der Waals surface area contributed by atoms with E-state index in [-0.39, 0.29) is 31.0 Å². The highest BCUT2D eigenvalue weighted by atomic mass is 16.5. The monoisotopic (exact) mass is 382 g/mol. The number of ether oxygens (including phenoxy) is 1. The number of unbranched alkanes of at least 4 members (excludes halogenated alkanes) is 1. The van der Waals surface area contributed by atoms with Crippen LogP contribution < -0.4 is 10.6 Å². The van der Waals surface area contributed by atoms with Gasteiger partial charge in [-0.1, -0.05) is 80.4 Å². The molecule has 0 aliphatic rings. The molecule has 0 spiro atoms. The van der Waals surface area contributed by atoms with Gasteiger partial charge in [0.25, 0.3) is 0 Å². The van der Waals surface area contributed by atoms with Crippen molar-refractivity contribution in [2.75, 3.05) is 0 Å². The topological polar surface area (TPSA) is 67.4 Å². The lowest BCUT2D eigenvalue weighted by molar-refractivity contribution is -0.122. The van der Waals surface area contributed by atoms with Crippen LogP contribution in [0.1, 0.15) is 56.7 Å². The lowest BCUT2D eigenvalue weighted by Crippen LogP contribution is -2.40. The Kier molecular flexibility index (Phi) is 9.05. The van der Waals surface area contributed by atoms with E-state index >= 15 is 0 Å². The summed E-state index contributed by atoms with van der Waals surface area (Å²) in [6, 6.07) is 19.0. The summed E-state index contributed by atoms with van der Waals surface area (Å²) in [5.41, 5.74) is 1.98. The highest BCUT2D eigenvalue weighted by Gasteiger charge is 2.18. The van der Waals surface area contributed by atoms with Crippen LogP contribution in [0.4, 0.5) is 4.79 Å². The molecule has 2 amide bonds. The van der Waals surface area contributed by atoms with Gasteiger partial charge in [0, 0.05) is 12.5 Å². The second-order valence-corrected chi connectivity index (χ2v) is 6.95. The third-order valence-corrected chi connectivity index (χ3v) is 4.55. The zero-order valence-electron chi connectivity index (χ0n) is 16.7. The number of benzene rings is 2. The van der Waals surface area contributed by atoms with Crippen LogP contribution >= 0.6 is 0 Å². The molecule has 0 saturated heterocycles. The van der Waals surface area contributed by atoms with Crippen LogP contribution in [0.3, 0.4) is 0 Å². The number of amides is 2. The van der Waals surface area contributed by atoms with E-state index in [1.54, 1.807) is 0 Å². The van der Waals surface area contributed by atoms with Gasteiger partial charge in [-0.15, -0.1) is 0 Å². The molecule has 2 atom stereocenters. The molecule has 2 aromatic rings. The maximum absolute atomic E-state index is 12.5. The number of alkyl carbamates (subject to hydrolysis) is 1. The molecule has 0 bridgehead atoms. The van der Waals surface area contributed by atoms with Gasteiger partial charge in [-0.2, -0.15) is 0 Å². The van der Waals surface area contributed by atoms with Crippen LogP contribution in [0.2, 0.25) is 0 Å². The summed E-state index contributed by atoms with van der Waals surface area (Å²) in [6.45, 7) is 4.25. The van der Waals surface area contributed by atoms with Gasteiger partial charge < -0.3 is 15.4 Å². The van der Waals surface area contributed by atoms with Crippen LogP contribution in [-0.4, -0.2) is 18.0 Å². The Morgan fingerprint density at radius 1 is 0.964 bits per heavy atom. The molecule has 0 heterocycles. The van der Waals surface area contributed by atoms with Gasteiger partial charge in [0.15, 0.2) is 0 Å². The van der Waals surface area contributed by atoms with E-state index in [0.717, 1.165) is 30.4 Å². The lowest BCUT2D eigenvalue weighted by atomic mass is 10.0. The molecule has 28 heavy (non-hydrogen) atoms. The van der Waals surface area contributed by atoms with Gasteiger partial charge in [-0.3, -0.25) is 4.79 Å². The Hall–Kier alpha value is -2.82.